The third-order valence-corrected chi connectivity index (χ3v) is 5.90. The maximum Gasteiger partial charge on any atom is 0.260 e. The van der Waals surface area contributed by atoms with Crippen molar-refractivity contribution in [2.24, 2.45) is 0 Å². The van der Waals surface area contributed by atoms with Gasteiger partial charge in [-0.3, -0.25) is 4.79 Å². The molecule has 134 valence electrons. The van der Waals surface area contributed by atoms with Crippen LogP contribution in [0.15, 0.2) is 40.2 Å². The molecule has 26 heavy (non-hydrogen) atoms. The summed E-state index contributed by atoms with van der Waals surface area (Å²) in [6.07, 6.45) is 0.870. The Balaban J connectivity index is 1.79. The second-order valence-corrected chi connectivity index (χ2v) is 7.42. The highest BCUT2D eigenvalue weighted by Crippen LogP contribution is 2.39. The number of ether oxygens (including phenoxy) is 1. The van der Waals surface area contributed by atoms with Crippen molar-refractivity contribution >= 4 is 17.2 Å². The van der Waals surface area contributed by atoms with Gasteiger partial charge in [0.05, 0.1) is 18.8 Å². The standard InChI is InChI=1S/C20H20N2O3S/c1-12-18(13(2)25-21-12)20(23)22-10-8-17-16(9-11-26-17)19(22)14-4-6-15(24-3)7-5-14/h4-7,9,11,19H,8,10H2,1-3H3/t19-/m1/s1. The second-order valence-electron chi connectivity index (χ2n) is 6.42. The van der Waals surface area contributed by atoms with E-state index in [-0.39, 0.29) is 11.9 Å². The van der Waals surface area contributed by atoms with E-state index in [1.165, 1.54) is 10.4 Å². The number of nitrogens with zero attached hydrogens (tertiary/aromatic N) is 2. The fraction of sp³-hybridized carbons (Fsp3) is 0.300. The van der Waals surface area contributed by atoms with Crippen LogP contribution in [0.5, 0.6) is 5.75 Å². The Bertz CT molecular complexity index is 923. The van der Waals surface area contributed by atoms with Crippen LogP contribution >= 0.6 is 11.3 Å². The fourth-order valence-corrected chi connectivity index (χ4v) is 4.52. The topological polar surface area (TPSA) is 55.6 Å². The van der Waals surface area contributed by atoms with Crippen LogP contribution in [0.25, 0.3) is 0 Å². The Hall–Kier alpha value is -2.60. The van der Waals surface area contributed by atoms with Crippen molar-refractivity contribution in [3.63, 3.8) is 0 Å². The number of thiophene rings is 1. The molecule has 0 spiro atoms. The molecule has 0 fully saturated rings. The first-order valence-corrected chi connectivity index (χ1v) is 9.42. The Kier molecular flexibility index (Phi) is 4.28. The number of hydrogen-bond acceptors (Lipinski definition) is 5. The summed E-state index contributed by atoms with van der Waals surface area (Å²) in [4.78, 5) is 16.6. The van der Waals surface area contributed by atoms with Gasteiger partial charge in [0.25, 0.3) is 5.91 Å². The van der Waals surface area contributed by atoms with E-state index < -0.39 is 0 Å². The number of aryl methyl sites for hydroxylation is 2. The number of hydrogen-bond donors (Lipinski definition) is 0. The van der Waals surface area contributed by atoms with Gasteiger partial charge in [-0.25, -0.2) is 0 Å². The molecule has 0 radical (unpaired) electrons. The normalized spacial score (nSPS) is 16.4. The van der Waals surface area contributed by atoms with Gasteiger partial charge in [-0.05, 0) is 55.0 Å². The highest BCUT2D eigenvalue weighted by Gasteiger charge is 2.35. The third-order valence-electron chi connectivity index (χ3n) is 4.91. The minimum absolute atomic E-state index is 0.0288. The average Bonchev–Trinajstić information content (AvgIpc) is 3.26. The number of fused-ring (bicyclic) bond motifs is 1. The summed E-state index contributed by atoms with van der Waals surface area (Å²) < 4.78 is 10.5. The molecule has 0 saturated heterocycles. The molecule has 5 nitrogen and oxygen atoms in total. The lowest BCUT2D eigenvalue weighted by molar-refractivity contribution is 0.0693. The molecular formula is C20H20N2O3S. The summed E-state index contributed by atoms with van der Waals surface area (Å²) in [7, 11) is 1.65. The van der Waals surface area contributed by atoms with Crippen LogP contribution in [0.2, 0.25) is 0 Å². The molecule has 3 heterocycles. The highest BCUT2D eigenvalue weighted by molar-refractivity contribution is 7.10. The average molecular weight is 368 g/mol. The summed E-state index contributed by atoms with van der Waals surface area (Å²) in [5.74, 6) is 1.34. The van der Waals surface area contributed by atoms with Gasteiger partial charge in [0, 0.05) is 11.4 Å². The molecule has 3 aromatic rings. The van der Waals surface area contributed by atoms with Crippen molar-refractivity contribution in [3.05, 3.63) is 68.7 Å². The molecule has 1 aromatic carbocycles. The van der Waals surface area contributed by atoms with E-state index in [9.17, 15) is 4.79 Å². The predicted molar refractivity (Wildman–Crippen MR) is 99.9 cm³/mol. The summed E-state index contributed by atoms with van der Waals surface area (Å²) in [6.45, 7) is 4.27. The zero-order chi connectivity index (χ0) is 18.3. The summed E-state index contributed by atoms with van der Waals surface area (Å²) in [5.41, 5.74) is 3.48. The molecule has 4 rings (SSSR count). The van der Waals surface area contributed by atoms with Crippen molar-refractivity contribution in [1.29, 1.82) is 0 Å². The quantitative estimate of drug-likeness (QED) is 0.697. The monoisotopic (exact) mass is 368 g/mol. The first-order valence-electron chi connectivity index (χ1n) is 8.54. The first-order chi connectivity index (χ1) is 12.6. The number of methoxy groups -OCH3 is 1. The van der Waals surface area contributed by atoms with Gasteiger partial charge in [0.1, 0.15) is 17.1 Å². The van der Waals surface area contributed by atoms with Crippen molar-refractivity contribution in [2.45, 2.75) is 26.3 Å². The molecule has 0 bridgehead atoms. The van der Waals surface area contributed by atoms with E-state index in [1.54, 1.807) is 25.4 Å². The molecule has 6 heteroatoms. The Labute approximate surface area is 156 Å². The molecule has 1 amide bonds. The Morgan fingerprint density at radius 2 is 2.04 bits per heavy atom. The van der Waals surface area contributed by atoms with Gasteiger partial charge in [0.15, 0.2) is 0 Å². The van der Waals surface area contributed by atoms with Crippen molar-refractivity contribution in [1.82, 2.24) is 10.1 Å². The predicted octanol–water partition coefficient (Wildman–Crippen LogP) is 4.15. The number of amides is 1. The van der Waals surface area contributed by atoms with Crippen LogP contribution in [-0.2, 0) is 6.42 Å². The van der Waals surface area contributed by atoms with Gasteiger partial charge in [-0.15, -0.1) is 11.3 Å². The van der Waals surface area contributed by atoms with Gasteiger partial charge >= 0.3 is 0 Å². The Morgan fingerprint density at radius 3 is 2.69 bits per heavy atom. The molecule has 1 aliphatic rings. The maximum absolute atomic E-state index is 13.3. The molecule has 0 saturated carbocycles. The number of benzene rings is 1. The Morgan fingerprint density at radius 1 is 1.27 bits per heavy atom. The van der Waals surface area contributed by atoms with Gasteiger partial charge in [0.2, 0.25) is 0 Å². The number of rotatable bonds is 3. The largest absolute Gasteiger partial charge is 0.497 e. The lowest BCUT2D eigenvalue weighted by Gasteiger charge is -2.36. The smallest absolute Gasteiger partial charge is 0.260 e. The first kappa shape index (κ1) is 16.8. The zero-order valence-electron chi connectivity index (χ0n) is 15.0. The summed E-state index contributed by atoms with van der Waals surface area (Å²) in [6, 6.07) is 9.95. The lowest BCUT2D eigenvalue weighted by atomic mass is 9.92. The van der Waals surface area contributed by atoms with E-state index in [0.717, 1.165) is 17.7 Å². The van der Waals surface area contributed by atoms with Crippen LogP contribution in [0.4, 0.5) is 0 Å². The molecule has 1 aliphatic heterocycles. The molecule has 0 unspecified atom stereocenters. The molecule has 1 atom stereocenters. The number of aromatic nitrogens is 1. The van der Waals surface area contributed by atoms with Crippen molar-refractivity contribution in [2.75, 3.05) is 13.7 Å². The summed E-state index contributed by atoms with van der Waals surface area (Å²) >= 11 is 1.76. The molecule has 0 aliphatic carbocycles. The number of carbonyl (C=O) groups is 1. The lowest BCUT2D eigenvalue weighted by Crippen LogP contribution is -2.40. The molecular weight excluding hydrogens is 348 g/mol. The van der Waals surface area contributed by atoms with Crippen molar-refractivity contribution < 1.29 is 14.1 Å². The maximum atomic E-state index is 13.3. The molecule has 2 aromatic heterocycles. The molecule has 0 N–H and O–H groups in total. The summed E-state index contributed by atoms with van der Waals surface area (Å²) in [5, 5.41) is 6.05. The van der Waals surface area contributed by atoms with E-state index in [0.29, 0.717) is 23.6 Å². The van der Waals surface area contributed by atoms with Gasteiger partial charge in [-0.1, -0.05) is 17.3 Å². The second kappa shape index (κ2) is 6.61. The van der Waals surface area contributed by atoms with E-state index >= 15 is 0 Å². The van der Waals surface area contributed by atoms with Crippen LogP contribution in [0.3, 0.4) is 0 Å². The van der Waals surface area contributed by atoms with Crippen LogP contribution in [-0.4, -0.2) is 29.6 Å². The highest BCUT2D eigenvalue weighted by atomic mass is 32.1. The van der Waals surface area contributed by atoms with Gasteiger partial charge < -0.3 is 14.2 Å². The zero-order valence-corrected chi connectivity index (χ0v) is 15.8. The minimum Gasteiger partial charge on any atom is -0.497 e. The van der Waals surface area contributed by atoms with Gasteiger partial charge in [-0.2, -0.15) is 0 Å². The van der Waals surface area contributed by atoms with E-state index in [4.69, 9.17) is 9.26 Å². The minimum atomic E-state index is -0.114. The van der Waals surface area contributed by atoms with Crippen LogP contribution in [0, 0.1) is 13.8 Å². The van der Waals surface area contributed by atoms with Crippen LogP contribution in [0.1, 0.15) is 43.9 Å². The number of carbonyl (C=O) groups excluding carboxylic acids is 1. The SMILES string of the molecule is COc1ccc([C@@H]2c3ccsc3CCN2C(=O)c2c(C)noc2C)cc1. The van der Waals surface area contributed by atoms with E-state index in [2.05, 4.69) is 16.6 Å². The fourth-order valence-electron chi connectivity index (χ4n) is 3.61. The van der Waals surface area contributed by atoms with E-state index in [1.807, 2.05) is 36.1 Å². The van der Waals surface area contributed by atoms with Crippen LogP contribution < -0.4 is 4.74 Å². The van der Waals surface area contributed by atoms with Crippen molar-refractivity contribution in [3.8, 4) is 5.75 Å². The third kappa shape index (κ3) is 2.70.